The van der Waals surface area contributed by atoms with Crippen molar-refractivity contribution in [2.75, 3.05) is 47.0 Å². The Labute approximate surface area is 198 Å². The van der Waals surface area contributed by atoms with E-state index in [0.717, 1.165) is 67.1 Å². The normalized spacial score (nSPS) is 16.0. The van der Waals surface area contributed by atoms with Crippen molar-refractivity contribution in [3.05, 3.63) is 47.9 Å². The molecule has 0 radical (unpaired) electrons. The Morgan fingerprint density at radius 2 is 1.82 bits per heavy atom. The summed E-state index contributed by atoms with van der Waals surface area (Å²) in [4.78, 5) is 17.4. The minimum absolute atomic E-state index is 0.0488. The average Bonchev–Trinajstić information content (AvgIpc) is 3.62. The van der Waals surface area contributed by atoms with Crippen molar-refractivity contribution in [3.8, 4) is 0 Å². The van der Waals surface area contributed by atoms with Gasteiger partial charge in [-0.2, -0.15) is 0 Å². The number of carbonyl (C=O) groups is 1. The molecule has 0 spiro atoms. The summed E-state index contributed by atoms with van der Waals surface area (Å²) in [5, 5.41) is 12.6. The number of thioether (sulfide) groups is 1. The molecule has 0 bridgehead atoms. The number of furan rings is 1. The van der Waals surface area contributed by atoms with Crippen LogP contribution in [0.3, 0.4) is 0 Å². The van der Waals surface area contributed by atoms with Crippen molar-refractivity contribution in [3.63, 3.8) is 0 Å². The summed E-state index contributed by atoms with van der Waals surface area (Å²) < 4.78 is 7.61. The number of rotatable bonds is 8. The molecular weight excluding hydrogens is 436 g/mol. The SMILES string of the molecule is Cc1cc(N2CCCC2)ccc1NC(=O)CSc1nnc(N2CCCC2)n1Cc1ccco1. The van der Waals surface area contributed by atoms with Gasteiger partial charge in [-0.25, -0.2) is 0 Å². The van der Waals surface area contributed by atoms with E-state index in [2.05, 4.69) is 42.0 Å². The van der Waals surface area contributed by atoms with Gasteiger partial charge in [0, 0.05) is 37.6 Å². The first-order valence-corrected chi connectivity index (χ1v) is 12.6. The summed E-state index contributed by atoms with van der Waals surface area (Å²) in [6.45, 7) is 6.78. The summed E-state index contributed by atoms with van der Waals surface area (Å²) in [5.41, 5.74) is 3.17. The fourth-order valence-corrected chi connectivity index (χ4v) is 5.25. The highest BCUT2D eigenvalue weighted by atomic mass is 32.2. The van der Waals surface area contributed by atoms with Crippen molar-refractivity contribution in [1.82, 2.24) is 14.8 Å². The van der Waals surface area contributed by atoms with Crippen LogP contribution >= 0.6 is 11.8 Å². The van der Waals surface area contributed by atoms with Gasteiger partial charge < -0.3 is 19.5 Å². The van der Waals surface area contributed by atoms with Crippen LogP contribution in [0.2, 0.25) is 0 Å². The van der Waals surface area contributed by atoms with E-state index in [-0.39, 0.29) is 11.7 Å². The molecule has 2 fully saturated rings. The molecule has 0 atom stereocenters. The molecule has 0 saturated carbocycles. The van der Waals surface area contributed by atoms with E-state index in [4.69, 9.17) is 4.42 Å². The average molecular weight is 467 g/mol. The lowest BCUT2D eigenvalue weighted by molar-refractivity contribution is -0.113. The third-order valence-corrected chi connectivity index (χ3v) is 7.23. The van der Waals surface area contributed by atoms with E-state index in [1.165, 1.54) is 30.3 Å². The van der Waals surface area contributed by atoms with E-state index in [1.54, 1.807) is 6.26 Å². The third kappa shape index (κ3) is 5.03. The standard InChI is InChI=1S/C24H30N6O2S/c1-18-15-19(28-10-2-3-11-28)8-9-21(18)25-22(31)17-33-24-27-26-23(29-12-4-5-13-29)30(24)16-20-7-6-14-32-20/h6-9,14-15H,2-5,10-13,16-17H2,1H3,(H,25,31). The number of benzene rings is 1. The van der Waals surface area contributed by atoms with Crippen molar-refractivity contribution >= 4 is 35.0 Å². The molecule has 8 nitrogen and oxygen atoms in total. The van der Waals surface area contributed by atoms with Crippen LogP contribution in [0, 0.1) is 6.92 Å². The molecule has 2 aliphatic rings. The molecule has 2 aromatic heterocycles. The maximum Gasteiger partial charge on any atom is 0.234 e. The van der Waals surface area contributed by atoms with Gasteiger partial charge in [-0.15, -0.1) is 10.2 Å². The number of amides is 1. The Hall–Kier alpha value is -2.94. The van der Waals surface area contributed by atoms with Crippen molar-refractivity contribution in [1.29, 1.82) is 0 Å². The molecule has 2 saturated heterocycles. The molecular formula is C24H30N6O2S. The Kier molecular flexibility index (Phi) is 6.57. The van der Waals surface area contributed by atoms with Gasteiger partial charge in [0.05, 0.1) is 18.6 Å². The van der Waals surface area contributed by atoms with E-state index < -0.39 is 0 Å². The molecule has 174 valence electrons. The smallest absolute Gasteiger partial charge is 0.234 e. The zero-order valence-corrected chi connectivity index (χ0v) is 19.8. The number of hydrogen-bond donors (Lipinski definition) is 1. The van der Waals surface area contributed by atoms with Gasteiger partial charge in [0.15, 0.2) is 5.16 Å². The Morgan fingerprint density at radius 1 is 1.06 bits per heavy atom. The van der Waals surface area contributed by atoms with E-state index in [9.17, 15) is 4.79 Å². The fourth-order valence-electron chi connectivity index (χ4n) is 4.51. The van der Waals surface area contributed by atoms with Crippen LogP contribution in [-0.4, -0.2) is 52.6 Å². The van der Waals surface area contributed by atoms with Crippen LogP contribution < -0.4 is 15.1 Å². The summed E-state index contributed by atoms with van der Waals surface area (Å²) in [5.74, 6) is 1.91. The molecule has 33 heavy (non-hydrogen) atoms. The molecule has 2 aliphatic heterocycles. The Balaban J connectivity index is 1.24. The lowest BCUT2D eigenvalue weighted by Crippen LogP contribution is -2.23. The number of aryl methyl sites for hydroxylation is 1. The molecule has 5 rings (SSSR count). The maximum absolute atomic E-state index is 12.7. The minimum atomic E-state index is -0.0488. The number of nitrogens with zero attached hydrogens (tertiary/aromatic N) is 5. The maximum atomic E-state index is 12.7. The van der Waals surface area contributed by atoms with Crippen LogP contribution in [0.25, 0.3) is 0 Å². The van der Waals surface area contributed by atoms with E-state index >= 15 is 0 Å². The second-order valence-electron chi connectivity index (χ2n) is 8.67. The molecule has 1 amide bonds. The first-order valence-electron chi connectivity index (χ1n) is 11.7. The monoisotopic (exact) mass is 466 g/mol. The third-order valence-electron chi connectivity index (χ3n) is 6.27. The topological polar surface area (TPSA) is 79.4 Å². The highest BCUT2D eigenvalue weighted by molar-refractivity contribution is 7.99. The first kappa shape index (κ1) is 21.9. The molecule has 4 heterocycles. The summed E-state index contributed by atoms with van der Waals surface area (Å²) in [6.07, 6.45) is 6.49. The molecule has 0 unspecified atom stereocenters. The number of hydrogen-bond acceptors (Lipinski definition) is 7. The van der Waals surface area contributed by atoms with Gasteiger partial charge >= 0.3 is 0 Å². The second-order valence-corrected chi connectivity index (χ2v) is 9.61. The van der Waals surface area contributed by atoms with Gasteiger partial charge in [0.25, 0.3) is 0 Å². The highest BCUT2D eigenvalue weighted by Crippen LogP contribution is 2.28. The predicted molar refractivity (Wildman–Crippen MR) is 131 cm³/mol. The summed E-state index contributed by atoms with van der Waals surface area (Å²) in [7, 11) is 0. The van der Waals surface area contributed by atoms with Crippen LogP contribution in [0.15, 0.2) is 46.2 Å². The largest absolute Gasteiger partial charge is 0.467 e. The van der Waals surface area contributed by atoms with Crippen LogP contribution in [-0.2, 0) is 11.3 Å². The molecule has 1 N–H and O–H groups in total. The zero-order chi connectivity index (χ0) is 22.6. The van der Waals surface area contributed by atoms with Crippen LogP contribution in [0.5, 0.6) is 0 Å². The molecule has 9 heteroatoms. The highest BCUT2D eigenvalue weighted by Gasteiger charge is 2.22. The Bertz CT molecular complexity index is 1080. The van der Waals surface area contributed by atoms with Crippen molar-refractivity contribution < 1.29 is 9.21 Å². The number of aromatic nitrogens is 3. The van der Waals surface area contributed by atoms with Crippen LogP contribution in [0.1, 0.15) is 37.0 Å². The van der Waals surface area contributed by atoms with Gasteiger partial charge in [-0.3, -0.25) is 9.36 Å². The quantitative estimate of drug-likeness (QED) is 0.499. The second kappa shape index (κ2) is 9.91. The number of nitrogens with one attached hydrogen (secondary N) is 1. The van der Waals surface area contributed by atoms with Gasteiger partial charge in [0.2, 0.25) is 11.9 Å². The number of carbonyl (C=O) groups excluding carboxylic acids is 1. The molecule has 1 aromatic carbocycles. The summed E-state index contributed by atoms with van der Waals surface area (Å²) >= 11 is 1.41. The van der Waals surface area contributed by atoms with Crippen LogP contribution in [0.4, 0.5) is 17.3 Å². The summed E-state index contributed by atoms with van der Waals surface area (Å²) in [6, 6.07) is 10.1. The fraction of sp³-hybridized carbons (Fsp3) is 0.458. The van der Waals surface area contributed by atoms with Gasteiger partial charge in [0.1, 0.15) is 5.76 Å². The van der Waals surface area contributed by atoms with Gasteiger partial charge in [-0.05, 0) is 68.5 Å². The zero-order valence-electron chi connectivity index (χ0n) is 19.0. The molecule has 0 aliphatic carbocycles. The Morgan fingerprint density at radius 3 is 2.52 bits per heavy atom. The molecule has 3 aromatic rings. The lowest BCUT2D eigenvalue weighted by Gasteiger charge is -2.19. The van der Waals surface area contributed by atoms with Crippen molar-refractivity contribution in [2.45, 2.75) is 44.3 Å². The predicted octanol–water partition coefficient (Wildman–Crippen LogP) is 4.16. The lowest BCUT2D eigenvalue weighted by atomic mass is 10.1. The van der Waals surface area contributed by atoms with E-state index in [0.29, 0.717) is 6.54 Å². The van der Waals surface area contributed by atoms with Crippen molar-refractivity contribution in [2.24, 2.45) is 0 Å². The van der Waals surface area contributed by atoms with Gasteiger partial charge in [-0.1, -0.05) is 11.8 Å². The minimum Gasteiger partial charge on any atom is -0.467 e. The van der Waals surface area contributed by atoms with E-state index in [1.807, 2.05) is 25.1 Å². The first-order chi connectivity index (χ1) is 16.2. The number of anilines is 3.